The van der Waals surface area contributed by atoms with Gasteiger partial charge in [0.05, 0.1) is 0 Å². The van der Waals surface area contributed by atoms with E-state index >= 15 is 0 Å². The van der Waals surface area contributed by atoms with Crippen LogP contribution in [0, 0.1) is 0 Å². The topological polar surface area (TPSA) is 49.3 Å². The standard InChI is InChI=1S/C12H17NO2/c1-3-4-10-5-7-11(8-6-10)13-12(15)9(2)14/h5-9,14H,3-4H2,1-2H3,(H,13,15). The van der Waals surface area contributed by atoms with Crippen molar-refractivity contribution in [1.29, 1.82) is 0 Å². The molecule has 2 N–H and O–H groups in total. The lowest BCUT2D eigenvalue weighted by Crippen LogP contribution is -2.24. The summed E-state index contributed by atoms with van der Waals surface area (Å²) < 4.78 is 0. The second kappa shape index (κ2) is 5.51. The molecule has 0 aliphatic heterocycles. The molecule has 3 nitrogen and oxygen atoms in total. The van der Waals surface area contributed by atoms with Crippen molar-refractivity contribution in [3.05, 3.63) is 29.8 Å². The van der Waals surface area contributed by atoms with Crippen molar-refractivity contribution < 1.29 is 9.90 Å². The van der Waals surface area contributed by atoms with Crippen molar-refractivity contribution >= 4 is 11.6 Å². The first-order chi connectivity index (χ1) is 7.13. The Morgan fingerprint density at radius 2 is 2.00 bits per heavy atom. The summed E-state index contributed by atoms with van der Waals surface area (Å²) in [6.07, 6.45) is 1.18. The van der Waals surface area contributed by atoms with Crippen LogP contribution in [0.2, 0.25) is 0 Å². The van der Waals surface area contributed by atoms with E-state index in [0.29, 0.717) is 0 Å². The van der Waals surface area contributed by atoms with Crippen LogP contribution >= 0.6 is 0 Å². The van der Waals surface area contributed by atoms with E-state index in [1.807, 2.05) is 24.3 Å². The Hall–Kier alpha value is -1.35. The second-order valence-electron chi connectivity index (χ2n) is 3.61. The average Bonchev–Trinajstić information content (AvgIpc) is 2.21. The van der Waals surface area contributed by atoms with E-state index in [2.05, 4.69) is 12.2 Å². The number of nitrogens with one attached hydrogen (secondary N) is 1. The van der Waals surface area contributed by atoms with Gasteiger partial charge in [-0.25, -0.2) is 0 Å². The number of anilines is 1. The van der Waals surface area contributed by atoms with E-state index < -0.39 is 6.10 Å². The highest BCUT2D eigenvalue weighted by Crippen LogP contribution is 2.11. The molecule has 0 bridgehead atoms. The number of carbonyl (C=O) groups excluding carboxylic acids is 1. The van der Waals surface area contributed by atoms with Crippen LogP contribution in [0.5, 0.6) is 0 Å². The normalized spacial score (nSPS) is 12.2. The maximum Gasteiger partial charge on any atom is 0.252 e. The molecule has 0 aliphatic rings. The van der Waals surface area contributed by atoms with Gasteiger partial charge < -0.3 is 10.4 Å². The maximum absolute atomic E-state index is 11.2. The zero-order valence-corrected chi connectivity index (χ0v) is 9.16. The number of carbonyl (C=O) groups is 1. The molecule has 0 saturated heterocycles. The molecule has 0 saturated carbocycles. The third kappa shape index (κ3) is 3.72. The SMILES string of the molecule is CCCc1ccc(NC(=O)C(C)O)cc1. The molecule has 1 amide bonds. The molecule has 0 fully saturated rings. The number of amides is 1. The van der Waals surface area contributed by atoms with Crippen molar-refractivity contribution in [3.8, 4) is 0 Å². The van der Waals surface area contributed by atoms with Gasteiger partial charge in [-0.1, -0.05) is 25.5 Å². The molecule has 0 aromatic heterocycles. The van der Waals surface area contributed by atoms with Crippen molar-refractivity contribution in [2.45, 2.75) is 32.8 Å². The first kappa shape index (κ1) is 11.7. The van der Waals surface area contributed by atoms with Gasteiger partial charge in [-0.15, -0.1) is 0 Å². The minimum Gasteiger partial charge on any atom is -0.384 e. The van der Waals surface area contributed by atoms with Crippen molar-refractivity contribution in [1.82, 2.24) is 0 Å². The molecule has 3 heteroatoms. The molecule has 82 valence electrons. The molecule has 1 rings (SSSR count). The lowest BCUT2D eigenvalue weighted by Gasteiger charge is -2.07. The summed E-state index contributed by atoms with van der Waals surface area (Å²) >= 11 is 0. The average molecular weight is 207 g/mol. The van der Waals surface area contributed by atoms with Gasteiger partial charge >= 0.3 is 0 Å². The highest BCUT2D eigenvalue weighted by molar-refractivity contribution is 5.93. The Bertz CT molecular complexity index is 317. The number of aryl methyl sites for hydroxylation is 1. The summed E-state index contributed by atoms with van der Waals surface area (Å²) in [5.74, 6) is -0.377. The molecule has 1 atom stereocenters. The van der Waals surface area contributed by atoms with Crippen molar-refractivity contribution in [2.75, 3.05) is 5.32 Å². The van der Waals surface area contributed by atoms with Gasteiger partial charge in [-0.05, 0) is 31.0 Å². The highest BCUT2D eigenvalue weighted by Gasteiger charge is 2.07. The Morgan fingerprint density at radius 3 is 2.47 bits per heavy atom. The monoisotopic (exact) mass is 207 g/mol. The molecule has 1 aromatic rings. The van der Waals surface area contributed by atoms with Gasteiger partial charge in [0.1, 0.15) is 6.10 Å². The summed E-state index contributed by atoms with van der Waals surface area (Å²) in [6.45, 7) is 3.57. The number of aliphatic hydroxyl groups excluding tert-OH is 1. The predicted octanol–water partition coefficient (Wildman–Crippen LogP) is 1.96. The van der Waals surface area contributed by atoms with Gasteiger partial charge in [0.2, 0.25) is 0 Å². The van der Waals surface area contributed by atoms with Crippen LogP contribution in [0.3, 0.4) is 0 Å². The van der Waals surface area contributed by atoms with Gasteiger partial charge in [0.15, 0.2) is 0 Å². The second-order valence-corrected chi connectivity index (χ2v) is 3.61. The Morgan fingerprint density at radius 1 is 1.40 bits per heavy atom. The summed E-state index contributed by atoms with van der Waals surface area (Å²) in [4.78, 5) is 11.2. The minimum atomic E-state index is -0.972. The third-order valence-corrected chi connectivity index (χ3v) is 2.14. The zero-order valence-electron chi connectivity index (χ0n) is 9.16. The van der Waals surface area contributed by atoms with Crippen LogP contribution in [-0.4, -0.2) is 17.1 Å². The van der Waals surface area contributed by atoms with E-state index in [0.717, 1.165) is 18.5 Å². The first-order valence-electron chi connectivity index (χ1n) is 5.21. The van der Waals surface area contributed by atoms with Crippen LogP contribution in [0.25, 0.3) is 0 Å². The third-order valence-electron chi connectivity index (χ3n) is 2.14. The smallest absolute Gasteiger partial charge is 0.252 e. The van der Waals surface area contributed by atoms with E-state index in [4.69, 9.17) is 5.11 Å². The van der Waals surface area contributed by atoms with Crippen LogP contribution in [-0.2, 0) is 11.2 Å². The molecular formula is C12H17NO2. The lowest BCUT2D eigenvalue weighted by molar-refractivity contribution is -0.123. The fourth-order valence-corrected chi connectivity index (χ4v) is 1.29. The Balaban J connectivity index is 2.60. The van der Waals surface area contributed by atoms with E-state index in [-0.39, 0.29) is 5.91 Å². The molecule has 0 spiro atoms. The van der Waals surface area contributed by atoms with Crippen LogP contribution in [0.1, 0.15) is 25.8 Å². The van der Waals surface area contributed by atoms with Gasteiger partial charge in [0, 0.05) is 5.69 Å². The number of hydrogen-bond donors (Lipinski definition) is 2. The summed E-state index contributed by atoms with van der Waals surface area (Å²) in [5.41, 5.74) is 1.98. The fourth-order valence-electron chi connectivity index (χ4n) is 1.29. The lowest BCUT2D eigenvalue weighted by atomic mass is 10.1. The number of aliphatic hydroxyl groups is 1. The quantitative estimate of drug-likeness (QED) is 0.793. The van der Waals surface area contributed by atoms with Gasteiger partial charge in [-0.2, -0.15) is 0 Å². The van der Waals surface area contributed by atoms with E-state index in [9.17, 15) is 4.79 Å². The number of rotatable bonds is 4. The highest BCUT2D eigenvalue weighted by atomic mass is 16.3. The number of benzene rings is 1. The van der Waals surface area contributed by atoms with Crippen LogP contribution in [0.15, 0.2) is 24.3 Å². The molecule has 1 aromatic carbocycles. The first-order valence-corrected chi connectivity index (χ1v) is 5.21. The zero-order chi connectivity index (χ0) is 11.3. The van der Waals surface area contributed by atoms with E-state index in [1.165, 1.54) is 12.5 Å². The summed E-state index contributed by atoms with van der Waals surface area (Å²) in [5, 5.41) is 11.6. The van der Waals surface area contributed by atoms with Gasteiger partial charge in [0.25, 0.3) is 5.91 Å². The predicted molar refractivity (Wildman–Crippen MR) is 60.7 cm³/mol. The van der Waals surface area contributed by atoms with Crippen LogP contribution < -0.4 is 5.32 Å². The fraction of sp³-hybridized carbons (Fsp3) is 0.417. The molecule has 0 radical (unpaired) electrons. The molecular weight excluding hydrogens is 190 g/mol. The number of hydrogen-bond acceptors (Lipinski definition) is 2. The van der Waals surface area contributed by atoms with Gasteiger partial charge in [-0.3, -0.25) is 4.79 Å². The maximum atomic E-state index is 11.2. The Kier molecular flexibility index (Phi) is 4.31. The molecule has 0 heterocycles. The molecule has 1 unspecified atom stereocenters. The van der Waals surface area contributed by atoms with Crippen molar-refractivity contribution in [2.24, 2.45) is 0 Å². The summed E-state index contributed by atoms with van der Waals surface area (Å²) in [7, 11) is 0. The Labute approximate surface area is 90.1 Å². The molecule has 15 heavy (non-hydrogen) atoms. The van der Waals surface area contributed by atoms with Crippen LogP contribution in [0.4, 0.5) is 5.69 Å². The van der Waals surface area contributed by atoms with Crippen molar-refractivity contribution in [3.63, 3.8) is 0 Å². The minimum absolute atomic E-state index is 0.377. The largest absolute Gasteiger partial charge is 0.384 e. The molecule has 0 aliphatic carbocycles. The van der Waals surface area contributed by atoms with E-state index in [1.54, 1.807) is 0 Å². The summed E-state index contributed by atoms with van der Waals surface area (Å²) in [6, 6.07) is 7.68.